The van der Waals surface area contributed by atoms with E-state index in [1.165, 1.54) is 14.2 Å². The minimum Gasteiger partial charge on any atom is -1.00 e. The quantitative estimate of drug-likeness (QED) is 0.380. The Hall–Kier alpha value is -0.513. The van der Waals surface area contributed by atoms with Gasteiger partial charge in [-0.15, -0.1) is 0 Å². The van der Waals surface area contributed by atoms with E-state index in [-0.39, 0.29) is 37.7 Å². The van der Waals surface area contributed by atoms with E-state index in [0.29, 0.717) is 5.75 Å². The first kappa shape index (κ1) is 15.5. The zero-order valence-electron chi connectivity index (χ0n) is 10.4. The fourth-order valence-corrected chi connectivity index (χ4v) is 1.69. The SMILES string of the molecule is COCOc1cccc(OC)c1S(=O)O.[H-].[Li+]. The maximum Gasteiger partial charge on any atom is 1.00 e. The molecule has 0 aliphatic heterocycles. The molecule has 0 fully saturated rings. The third-order valence-electron chi connectivity index (χ3n) is 1.67. The number of methoxy groups -OCH3 is 2. The molecular formula is C9H13LiO5S. The minimum atomic E-state index is -2.16. The Morgan fingerprint density at radius 2 is 2.00 bits per heavy atom. The fourth-order valence-electron chi connectivity index (χ4n) is 1.06. The molecule has 5 nitrogen and oxygen atoms in total. The third kappa shape index (κ3) is 3.81. The Morgan fingerprint density at radius 3 is 2.50 bits per heavy atom. The van der Waals surface area contributed by atoms with Crippen LogP contribution in [0.3, 0.4) is 0 Å². The predicted octanol–water partition coefficient (Wildman–Crippen LogP) is -1.62. The van der Waals surface area contributed by atoms with Gasteiger partial charge in [-0.25, -0.2) is 4.21 Å². The zero-order valence-corrected chi connectivity index (χ0v) is 10.2. The molecule has 1 unspecified atom stereocenters. The van der Waals surface area contributed by atoms with Gasteiger partial charge in [-0.05, 0) is 12.1 Å². The summed E-state index contributed by atoms with van der Waals surface area (Å²) >= 11 is -2.16. The fraction of sp³-hybridized carbons (Fsp3) is 0.333. The van der Waals surface area contributed by atoms with Crippen LogP contribution >= 0.6 is 0 Å². The van der Waals surface area contributed by atoms with Gasteiger partial charge in [0.25, 0.3) is 0 Å². The predicted molar refractivity (Wildman–Crippen MR) is 55.6 cm³/mol. The smallest absolute Gasteiger partial charge is 1.00 e. The summed E-state index contributed by atoms with van der Waals surface area (Å²) in [7, 11) is 2.89. The molecule has 0 amide bonds. The van der Waals surface area contributed by atoms with Crippen molar-refractivity contribution >= 4 is 11.1 Å². The van der Waals surface area contributed by atoms with Crippen LogP contribution in [0, 0.1) is 0 Å². The average molecular weight is 240 g/mol. The van der Waals surface area contributed by atoms with Crippen LogP contribution in [-0.4, -0.2) is 29.8 Å². The summed E-state index contributed by atoms with van der Waals surface area (Å²) in [5.74, 6) is 0.585. The van der Waals surface area contributed by atoms with Gasteiger partial charge in [-0.2, -0.15) is 0 Å². The van der Waals surface area contributed by atoms with E-state index in [9.17, 15) is 4.21 Å². The van der Waals surface area contributed by atoms with Crippen LogP contribution in [0.25, 0.3) is 0 Å². The van der Waals surface area contributed by atoms with Crippen molar-refractivity contribution < 1.29 is 43.3 Å². The van der Waals surface area contributed by atoms with Crippen molar-refractivity contribution in [1.29, 1.82) is 0 Å². The molecule has 1 N–H and O–H groups in total. The Bertz CT molecular complexity index is 363. The van der Waals surface area contributed by atoms with Crippen molar-refractivity contribution in [2.24, 2.45) is 0 Å². The Labute approximate surface area is 110 Å². The molecular weight excluding hydrogens is 227 g/mol. The molecule has 1 atom stereocenters. The van der Waals surface area contributed by atoms with Crippen LogP contribution < -0.4 is 28.3 Å². The molecule has 0 saturated carbocycles. The first-order valence-electron chi connectivity index (χ1n) is 4.10. The molecule has 86 valence electrons. The van der Waals surface area contributed by atoms with Gasteiger partial charge < -0.3 is 20.2 Å². The summed E-state index contributed by atoms with van der Waals surface area (Å²) in [5.41, 5.74) is 0. The number of benzene rings is 1. The van der Waals surface area contributed by atoms with Gasteiger partial charge >= 0.3 is 18.9 Å². The second kappa shape index (κ2) is 7.71. The van der Waals surface area contributed by atoms with Crippen LogP contribution in [0.1, 0.15) is 1.43 Å². The van der Waals surface area contributed by atoms with E-state index in [2.05, 4.69) is 0 Å². The molecule has 1 aromatic rings. The van der Waals surface area contributed by atoms with Crippen molar-refractivity contribution in [2.45, 2.75) is 4.90 Å². The molecule has 7 heteroatoms. The first-order valence-corrected chi connectivity index (χ1v) is 5.21. The standard InChI is InChI=1S/C9H12O5S.Li.H/c1-12-6-14-8-5-3-4-7(13-2)9(8)15(10)11;;/h3-5H,6H2,1-2H3,(H,10,11);;/q;+1;-1. The molecule has 16 heavy (non-hydrogen) atoms. The Balaban J connectivity index is 0. The van der Waals surface area contributed by atoms with E-state index in [4.69, 9.17) is 18.8 Å². The molecule has 0 aromatic heterocycles. The molecule has 1 aromatic carbocycles. The van der Waals surface area contributed by atoms with Crippen molar-refractivity contribution in [3.8, 4) is 11.5 Å². The van der Waals surface area contributed by atoms with Gasteiger partial charge in [-0.3, -0.25) is 0 Å². The van der Waals surface area contributed by atoms with Crippen LogP contribution in [0.4, 0.5) is 0 Å². The minimum absolute atomic E-state index is 0. The monoisotopic (exact) mass is 240 g/mol. The van der Waals surface area contributed by atoms with Crippen LogP contribution in [0.5, 0.6) is 11.5 Å². The maximum atomic E-state index is 11.1. The van der Waals surface area contributed by atoms with Crippen molar-refractivity contribution in [3.05, 3.63) is 18.2 Å². The van der Waals surface area contributed by atoms with Crippen LogP contribution in [-0.2, 0) is 15.8 Å². The number of hydrogen-bond acceptors (Lipinski definition) is 4. The summed E-state index contributed by atoms with van der Waals surface area (Å²) in [6.07, 6.45) is 0. The van der Waals surface area contributed by atoms with Gasteiger partial charge in [0.05, 0.1) is 7.11 Å². The summed E-state index contributed by atoms with van der Waals surface area (Å²) in [5, 5.41) is 0. The average Bonchev–Trinajstić information content (AvgIpc) is 2.25. The van der Waals surface area contributed by atoms with Gasteiger partial charge in [0.2, 0.25) is 0 Å². The number of hydrogen-bond donors (Lipinski definition) is 1. The van der Waals surface area contributed by atoms with E-state index < -0.39 is 11.1 Å². The van der Waals surface area contributed by atoms with Gasteiger partial charge in [0.15, 0.2) is 22.8 Å². The summed E-state index contributed by atoms with van der Waals surface area (Å²) in [4.78, 5) is 0.108. The van der Waals surface area contributed by atoms with E-state index in [1.807, 2.05) is 0 Å². The topological polar surface area (TPSA) is 65.0 Å². The maximum absolute atomic E-state index is 11.1. The van der Waals surface area contributed by atoms with Crippen molar-refractivity contribution in [1.82, 2.24) is 0 Å². The molecule has 1 rings (SSSR count). The molecule has 0 aliphatic carbocycles. The molecule has 0 bridgehead atoms. The Kier molecular flexibility index (Phi) is 7.46. The number of ether oxygens (including phenoxy) is 3. The summed E-state index contributed by atoms with van der Waals surface area (Å²) in [6, 6.07) is 4.83. The number of rotatable bonds is 5. The first-order chi connectivity index (χ1) is 7.20. The van der Waals surface area contributed by atoms with Crippen molar-refractivity contribution in [3.63, 3.8) is 0 Å². The van der Waals surface area contributed by atoms with Crippen LogP contribution in [0.2, 0.25) is 0 Å². The zero-order chi connectivity index (χ0) is 11.3. The summed E-state index contributed by atoms with van der Waals surface area (Å²) in [6.45, 7) is 0.0113. The summed E-state index contributed by atoms with van der Waals surface area (Å²) < 4.78 is 35.0. The molecule has 0 heterocycles. The van der Waals surface area contributed by atoms with Crippen LogP contribution in [0.15, 0.2) is 23.1 Å². The van der Waals surface area contributed by atoms with Gasteiger partial charge in [0, 0.05) is 7.11 Å². The normalized spacial score (nSPS) is 11.4. The molecule has 0 aliphatic rings. The second-order valence-corrected chi connectivity index (χ2v) is 3.49. The van der Waals surface area contributed by atoms with Gasteiger partial charge in [-0.1, -0.05) is 6.07 Å². The molecule has 0 spiro atoms. The Morgan fingerprint density at radius 1 is 1.38 bits per heavy atom. The van der Waals surface area contributed by atoms with Gasteiger partial charge in [0.1, 0.15) is 11.5 Å². The van der Waals surface area contributed by atoms with E-state index >= 15 is 0 Å². The molecule has 0 radical (unpaired) electrons. The largest absolute Gasteiger partial charge is 1.00 e. The molecule has 0 saturated heterocycles. The van der Waals surface area contributed by atoms with Crippen molar-refractivity contribution in [2.75, 3.05) is 21.0 Å². The van der Waals surface area contributed by atoms with E-state index in [1.54, 1.807) is 18.2 Å². The third-order valence-corrected chi connectivity index (χ3v) is 2.42. The van der Waals surface area contributed by atoms with E-state index in [0.717, 1.165) is 0 Å². The second-order valence-electron chi connectivity index (χ2n) is 2.59.